The largest absolute Gasteiger partial charge is 0.480 e. The van der Waals surface area contributed by atoms with Gasteiger partial charge in [0.1, 0.15) is 10.6 Å². The quantitative estimate of drug-likeness (QED) is 0.642. The number of hydrogen-bond donors (Lipinski definition) is 1. The Kier molecular flexibility index (Phi) is 3.81. The van der Waals surface area contributed by atoms with Gasteiger partial charge in [0.15, 0.2) is 0 Å². The molecule has 0 aliphatic carbocycles. The number of halogens is 1. The van der Waals surface area contributed by atoms with Gasteiger partial charge in [-0.15, -0.1) is 23.4 Å². The first kappa shape index (κ1) is 16.5. The summed E-state index contributed by atoms with van der Waals surface area (Å²) in [5, 5.41) is 8.28. The number of hydrogen-bond acceptors (Lipinski definition) is 3. The lowest BCUT2D eigenvalue weighted by atomic mass is 9.73. The Bertz CT molecular complexity index is 872. The zero-order valence-electron chi connectivity index (χ0n) is 13.5. The van der Waals surface area contributed by atoms with Gasteiger partial charge in [-0.2, -0.15) is 0 Å². The van der Waals surface area contributed by atoms with E-state index < -0.39 is 22.1 Å². The monoisotopic (exact) mass is 373 g/mol. The molecule has 1 fully saturated rings. The predicted molar refractivity (Wildman–Crippen MR) is 98.3 cm³/mol. The second-order valence-corrected chi connectivity index (χ2v) is 8.13. The Morgan fingerprint density at radius 1 is 1.28 bits per heavy atom. The van der Waals surface area contributed by atoms with Crippen molar-refractivity contribution in [3.05, 3.63) is 59.7 Å². The minimum Gasteiger partial charge on any atom is -0.480 e. The average molecular weight is 374 g/mol. The summed E-state index contributed by atoms with van der Waals surface area (Å²) in [6.07, 6.45) is 0.268. The summed E-state index contributed by atoms with van der Waals surface area (Å²) in [6.45, 7) is 1.95. The molecule has 2 aliphatic heterocycles. The number of carboxylic acid groups (broad SMARTS) is 1. The summed E-state index contributed by atoms with van der Waals surface area (Å²) in [6, 6.07) is 15.3. The van der Waals surface area contributed by atoms with Gasteiger partial charge in [0.05, 0.1) is 11.2 Å². The van der Waals surface area contributed by atoms with Crippen LogP contribution in [0.15, 0.2) is 53.4 Å². The van der Waals surface area contributed by atoms with Crippen molar-refractivity contribution in [1.29, 1.82) is 0 Å². The summed E-state index contributed by atoms with van der Waals surface area (Å²) in [5.74, 6) is -1.07. The van der Waals surface area contributed by atoms with Crippen molar-refractivity contribution < 1.29 is 14.7 Å². The van der Waals surface area contributed by atoms with Crippen LogP contribution in [-0.2, 0) is 15.1 Å². The average Bonchev–Trinajstić information content (AvgIpc) is 2.75. The first-order valence-corrected chi connectivity index (χ1v) is 9.30. The highest BCUT2D eigenvalue weighted by Gasteiger charge is 2.63. The molecule has 0 bridgehead atoms. The van der Waals surface area contributed by atoms with Crippen LogP contribution in [0.2, 0.25) is 0 Å². The third kappa shape index (κ3) is 2.29. The van der Waals surface area contributed by atoms with Crippen LogP contribution in [0.3, 0.4) is 0 Å². The zero-order chi connectivity index (χ0) is 17.8. The van der Waals surface area contributed by atoms with Crippen LogP contribution in [0, 0.1) is 6.92 Å². The fourth-order valence-corrected chi connectivity index (χ4v) is 5.41. The molecule has 25 heavy (non-hydrogen) atoms. The number of benzene rings is 2. The van der Waals surface area contributed by atoms with Crippen molar-refractivity contribution in [1.82, 2.24) is 0 Å². The minimum absolute atomic E-state index is 0.178. The fourth-order valence-electron chi connectivity index (χ4n) is 3.73. The van der Waals surface area contributed by atoms with Gasteiger partial charge < -0.3 is 5.11 Å². The number of aryl methyl sites for hydroxylation is 1. The molecule has 0 spiro atoms. The van der Waals surface area contributed by atoms with Crippen molar-refractivity contribution in [2.24, 2.45) is 0 Å². The highest BCUT2D eigenvalue weighted by atomic mass is 35.5. The topological polar surface area (TPSA) is 57.6 Å². The van der Waals surface area contributed by atoms with Gasteiger partial charge in [-0.3, -0.25) is 14.5 Å². The second-order valence-electron chi connectivity index (χ2n) is 6.45. The van der Waals surface area contributed by atoms with E-state index in [4.69, 9.17) is 11.6 Å². The number of fused-ring (bicyclic) bond motifs is 3. The van der Waals surface area contributed by atoms with Crippen LogP contribution in [0.5, 0.6) is 0 Å². The summed E-state index contributed by atoms with van der Waals surface area (Å²) in [4.78, 5) is 27.1. The molecule has 0 aromatic heterocycles. The molecule has 6 heteroatoms. The summed E-state index contributed by atoms with van der Waals surface area (Å²) >= 11 is 7.80. The lowest BCUT2D eigenvalue weighted by Gasteiger charge is -2.55. The summed E-state index contributed by atoms with van der Waals surface area (Å²) < 4.78 is 0. The molecular formula is C19H16ClNO3S. The minimum atomic E-state index is -0.891. The van der Waals surface area contributed by atoms with Gasteiger partial charge in [-0.05, 0) is 30.2 Å². The van der Waals surface area contributed by atoms with E-state index in [1.807, 2.05) is 55.5 Å². The number of anilines is 1. The molecule has 2 heterocycles. The highest BCUT2D eigenvalue weighted by Crippen LogP contribution is 2.56. The molecule has 0 saturated carbocycles. The molecule has 0 radical (unpaired) electrons. The maximum Gasteiger partial charge on any atom is 0.317 e. The summed E-state index contributed by atoms with van der Waals surface area (Å²) in [5.41, 5.74) is 1.80. The normalized spacial score (nSPS) is 27.8. The highest BCUT2D eigenvalue weighted by molar-refractivity contribution is 8.00. The molecule has 3 unspecified atom stereocenters. The number of nitrogens with zero attached hydrogens (tertiary/aromatic N) is 1. The van der Waals surface area contributed by atoms with Crippen LogP contribution < -0.4 is 4.90 Å². The Morgan fingerprint density at radius 3 is 2.68 bits per heavy atom. The van der Waals surface area contributed by atoms with Crippen LogP contribution in [0.4, 0.5) is 5.69 Å². The Labute approximate surface area is 154 Å². The van der Waals surface area contributed by atoms with Crippen LogP contribution >= 0.6 is 23.4 Å². The number of carboxylic acids is 1. The molecule has 128 valence electrons. The Balaban J connectivity index is 1.96. The predicted octanol–water partition coefficient (Wildman–Crippen LogP) is 3.79. The van der Waals surface area contributed by atoms with Crippen LogP contribution in [-0.4, -0.2) is 27.6 Å². The number of aliphatic carboxylic acids is 1. The van der Waals surface area contributed by atoms with E-state index in [0.717, 1.165) is 21.7 Å². The van der Waals surface area contributed by atoms with E-state index in [9.17, 15) is 14.7 Å². The molecule has 3 atom stereocenters. The first-order chi connectivity index (χ1) is 11.9. The van der Waals surface area contributed by atoms with Gasteiger partial charge in [0.25, 0.3) is 0 Å². The lowest BCUT2D eigenvalue weighted by molar-refractivity contribution is -0.138. The zero-order valence-corrected chi connectivity index (χ0v) is 15.1. The van der Waals surface area contributed by atoms with E-state index in [0.29, 0.717) is 0 Å². The Morgan fingerprint density at radius 2 is 2.00 bits per heavy atom. The molecule has 4 nitrogen and oxygen atoms in total. The molecule has 2 aliphatic rings. The number of β-lactam (4-membered cyclic amide) rings is 1. The maximum absolute atomic E-state index is 12.7. The van der Waals surface area contributed by atoms with Crippen molar-refractivity contribution in [3.63, 3.8) is 0 Å². The molecule has 2 aromatic carbocycles. The maximum atomic E-state index is 12.7. The van der Waals surface area contributed by atoms with E-state index in [2.05, 4.69) is 0 Å². The van der Waals surface area contributed by atoms with E-state index in [1.54, 1.807) is 4.90 Å². The molecule has 1 saturated heterocycles. The van der Waals surface area contributed by atoms with Crippen molar-refractivity contribution >= 4 is 40.9 Å². The van der Waals surface area contributed by atoms with Crippen LogP contribution in [0.1, 0.15) is 17.5 Å². The summed E-state index contributed by atoms with van der Waals surface area (Å²) in [7, 11) is 0. The number of amides is 1. The Hall–Kier alpha value is -1.98. The third-order valence-electron chi connectivity index (χ3n) is 4.93. The third-order valence-corrected chi connectivity index (χ3v) is 6.71. The number of carbonyl (C=O) groups is 2. The van der Waals surface area contributed by atoms with Gasteiger partial charge in [0, 0.05) is 11.3 Å². The van der Waals surface area contributed by atoms with E-state index >= 15 is 0 Å². The molecule has 1 N–H and O–H groups in total. The van der Waals surface area contributed by atoms with Gasteiger partial charge in [0.2, 0.25) is 5.91 Å². The van der Waals surface area contributed by atoms with Gasteiger partial charge in [-0.25, -0.2) is 0 Å². The molecular weight excluding hydrogens is 358 g/mol. The van der Waals surface area contributed by atoms with E-state index in [1.165, 1.54) is 11.8 Å². The lowest BCUT2D eigenvalue weighted by Crippen LogP contribution is -2.71. The van der Waals surface area contributed by atoms with Crippen LogP contribution in [0.25, 0.3) is 0 Å². The second kappa shape index (κ2) is 5.78. The number of thioether (sulfide) groups is 1. The number of rotatable bonds is 2. The fraction of sp³-hybridized carbons (Fsp3) is 0.263. The molecule has 4 rings (SSSR count). The van der Waals surface area contributed by atoms with Crippen molar-refractivity contribution in [2.75, 3.05) is 4.90 Å². The number of alkyl halides is 1. The standard InChI is InChI=1S/C19H16ClNO3S/c1-11-7-8-13-14(9-11)25-15(18(23)24)10-19(12-5-3-2-4-6-12)16(20)17(22)21(13)19/h2-9,15-16H,10H2,1H3,(H,23,24). The van der Waals surface area contributed by atoms with Gasteiger partial charge >= 0.3 is 5.97 Å². The molecule has 2 aromatic rings. The van der Waals surface area contributed by atoms with Crippen molar-refractivity contribution in [3.8, 4) is 0 Å². The van der Waals surface area contributed by atoms with E-state index in [-0.39, 0.29) is 12.3 Å². The van der Waals surface area contributed by atoms with Crippen molar-refractivity contribution in [2.45, 2.75) is 34.4 Å². The van der Waals surface area contributed by atoms with Gasteiger partial charge in [-0.1, -0.05) is 36.4 Å². The SMILES string of the molecule is Cc1ccc2c(c1)SC(C(=O)O)CC1(c3ccccc3)C(Cl)C(=O)N21. The smallest absolute Gasteiger partial charge is 0.317 e. The first-order valence-electron chi connectivity index (χ1n) is 7.99. The number of carbonyl (C=O) groups excluding carboxylic acids is 1. The molecule has 1 amide bonds.